The molecule has 2 heterocycles. The number of hydrogen-bond donors (Lipinski definition) is 0. The van der Waals surface area contributed by atoms with Gasteiger partial charge < -0.3 is 9.64 Å². The van der Waals surface area contributed by atoms with Gasteiger partial charge in [0.15, 0.2) is 0 Å². The Kier molecular flexibility index (Phi) is 3.60. The minimum absolute atomic E-state index is 0.233. The molecule has 1 aromatic heterocycles. The van der Waals surface area contributed by atoms with Crippen molar-refractivity contribution in [3.63, 3.8) is 0 Å². The van der Waals surface area contributed by atoms with Crippen LogP contribution >= 0.6 is 0 Å². The summed E-state index contributed by atoms with van der Waals surface area (Å²) in [7, 11) is 0. The molecular formula is C13H17N3O. The van der Waals surface area contributed by atoms with E-state index in [0.29, 0.717) is 11.7 Å². The molecule has 0 bridgehead atoms. The highest BCUT2D eigenvalue weighted by atomic mass is 16.5. The number of rotatable bonds is 2. The third kappa shape index (κ3) is 2.56. The lowest BCUT2D eigenvalue weighted by Gasteiger charge is -2.39. The highest BCUT2D eigenvalue weighted by Crippen LogP contribution is 2.23. The molecule has 0 amide bonds. The van der Waals surface area contributed by atoms with E-state index in [1.807, 2.05) is 12.1 Å². The molecule has 2 rings (SSSR count). The van der Waals surface area contributed by atoms with E-state index in [2.05, 4.69) is 29.8 Å². The van der Waals surface area contributed by atoms with Crippen molar-refractivity contribution in [2.75, 3.05) is 18.1 Å². The van der Waals surface area contributed by atoms with E-state index in [1.54, 1.807) is 6.20 Å². The molecule has 4 nitrogen and oxygen atoms in total. The summed E-state index contributed by atoms with van der Waals surface area (Å²) in [6.45, 7) is 5.85. The number of pyridine rings is 1. The van der Waals surface area contributed by atoms with Gasteiger partial charge in [0, 0.05) is 18.4 Å². The van der Waals surface area contributed by atoms with Crippen molar-refractivity contribution in [3.05, 3.63) is 24.0 Å². The molecule has 17 heavy (non-hydrogen) atoms. The first-order valence-electron chi connectivity index (χ1n) is 5.99. The van der Waals surface area contributed by atoms with E-state index in [9.17, 15) is 0 Å². The normalized spacial score (nSPS) is 24.4. The lowest BCUT2D eigenvalue weighted by Crippen LogP contribution is -2.48. The fourth-order valence-corrected chi connectivity index (χ4v) is 2.16. The highest BCUT2D eigenvalue weighted by Gasteiger charge is 2.25. The van der Waals surface area contributed by atoms with Crippen LogP contribution in [-0.2, 0) is 4.74 Å². The summed E-state index contributed by atoms with van der Waals surface area (Å²) in [5, 5.41) is 8.88. The first-order chi connectivity index (χ1) is 8.24. The molecule has 90 valence electrons. The van der Waals surface area contributed by atoms with Crippen LogP contribution in [-0.4, -0.2) is 30.3 Å². The monoisotopic (exact) mass is 231 g/mol. The van der Waals surface area contributed by atoms with Crippen LogP contribution in [0, 0.1) is 11.3 Å². The van der Waals surface area contributed by atoms with Crippen LogP contribution in [0.2, 0.25) is 0 Å². The van der Waals surface area contributed by atoms with E-state index in [-0.39, 0.29) is 6.10 Å². The number of morpholine rings is 1. The number of anilines is 1. The first-order valence-corrected chi connectivity index (χ1v) is 5.99. The Morgan fingerprint density at radius 3 is 3.18 bits per heavy atom. The Balaban J connectivity index is 2.26. The fraction of sp³-hybridized carbons (Fsp3) is 0.538. The fourth-order valence-electron chi connectivity index (χ4n) is 2.16. The van der Waals surface area contributed by atoms with Crippen LogP contribution in [0.3, 0.4) is 0 Å². The number of ether oxygens (including phenoxy) is 1. The third-order valence-electron chi connectivity index (χ3n) is 3.13. The summed E-state index contributed by atoms with van der Waals surface area (Å²) in [6.07, 6.45) is 2.97. The van der Waals surface area contributed by atoms with Crippen molar-refractivity contribution < 1.29 is 4.74 Å². The van der Waals surface area contributed by atoms with Crippen molar-refractivity contribution in [1.82, 2.24) is 4.98 Å². The van der Waals surface area contributed by atoms with Gasteiger partial charge in [-0.1, -0.05) is 6.92 Å². The van der Waals surface area contributed by atoms with Crippen molar-refractivity contribution >= 4 is 5.69 Å². The third-order valence-corrected chi connectivity index (χ3v) is 3.13. The molecule has 2 atom stereocenters. The van der Waals surface area contributed by atoms with Gasteiger partial charge in [-0.25, -0.2) is 4.98 Å². The quantitative estimate of drug-likeness (QED) is 0.780. The first kappa shape index (κ1) is 11.9. The average Bonchev–Trinajstić information content (AvgIpc) is 2.39. The van der Waals surface area contributed by atoms with Gasteiger partial charge in [-0.05, 0) is 25.5 Å². The zero-order chi connectivity index (χ0) is 12.3. The van der Waals surface area contributed by atoms with Crippen LogP contribution in [0.1, 0.15) is 26.0 Å². The van der Waals surface area contributed by atoms with Gasteiger partial charge in [0.25, 0.3) is 0 Å². The second-order valence-electron chi connectivity index (χ2n) is 4.37. The predicted octanol–water partition coefficient (Wildman–Crippen LogP) is 1.96. The molecule has 0 saturated carbocycles. The van der Waals surface area contributed by atoms with Crippen LogP contribution in [0.4, 0.5) is 5.69 Å². The van der Waals surface area contributed by atoms with Crippen LogP contribution in [0.5, 0.6) is 0 Å². The molecule has 1 aliphatic rings. The maximum Gasteiger partial charge on any atom is 0.142 e. The summed E-state index contributed by atoms with van der Waals surface area (Å²) in [5.74, 6) is 0. The maximum atomic E-state index is 8.88. The Morgan fingerprint density at radius 2 is 2.47 bits per heavy atom. The zero-order valence-electron chi connectivity index (χ0n) is 10.3. The number of aromatic nitrogens is 1. The van der Waals surface area contributed by atoms with Gasteiger partial charge >= 0.3 is 0 Å². The molecule has 4 heteroatoms. The summed E-state index contributed by atoms with van der Waals surface area (Å²) >= 11 is 0. The minimum atomic E-state index is 0.233. The summed E-state index contributed by atoms with van der Waals surface area (Å²) < 4.78 is 5.67. The Morgan fingerprint density at radius 1 is 1.65 bits per heavy atom. The molecule has 1 fully saturated rings. The van der Waals surface area contributed by atoms with Crippen molar-refractivity contribution in [1.29, 1.82) is 5.26 Å². The van der Waals surface area contributed by atoms with Crippen LogP contribution in [0.15, 0.2) is 18.3 Å². The minimum Gasteiger partial charge on any atom is -0.375 e. The number of nitriles is 1. The maximum absolute atomic E-state index is 8.88. The lowest BCUT2D eigenvalue weighted by molar-refractivity contribution is 0.0299. The predicted molar refractivity (Wildman–Crippen MR) is 65.8 cm³/mol. The Bertz CT molecular complexity index is 427. The standard InChI is InChI=1S/C13H17N3O/c1-3-12-9-17-10(2)8-16(12)13-4-5-15-11(6-13)7-14/h4-6,10,12H,3,8-9H2,1-2H3. The molecule has 1 aromatic rings. The SMILES string of the molecule is CCC1COC(C)CN1c1ccnc(C#N)c1. The number of hydrogen-bond acceptors (Lipinski definition) is 4. The largest absolute Gasteiger partial charge is 0.375 e. The van der Waals surface area contributed by atoms with Gasteiger partial charge in [-0.15, -0.1) is 0 Å². The molecular weight excluding hydrogens is 214 g/mol. The van der Waals surface area contributed by atoms with E-state index < -0.39 is 0 Å². The summed E-state index contributed by atoms with van der Waals surface area (Å²) in [4.78, 5) is 6.32. The smallest absolute Gasteiger partial charge is 0.142 e. The Hall–Kier alpha value is -1.60. The van der Waals surface area contributed by atoms with E-state index in [4.69, 9.17) is 10.00 Å². The molecule has 1 aliphatic heterocycles. The molecule has 0 aliphatic carbocycles. The van der Waals surface area contributed by atoms with Gasteiger partial charge in [0.1, 0.15) is 11.8 Å². The topological polar surface area (TPSA) is 49.1 Å². The van der Waals surface area contributed by atoms with Crippen molar-refractivity contribution in [2.45, 2.75) is 32.4 Å². The van der Waals surface area contributed by atoms with E-state index >= 15 is 0 Å². The van der Waals surface area contributed by atoms with Crippen molar-refractivity contribution in [2.24, 2.45) is 0 Å². The van der Waals surface area contributed by atoms with Crippen LogP contribution < -0.4 is 4.90 Å². The van der Waals surface area contributed by atoms with Gasteiger partial charge in [0.05, 0.1) is 18.8 Å². The summed E-state index contributed by atoms with van der Waals surface area (Å²) in [5.41, 5.74) is 1.54. The number of nitrogens with zero attached hydrogens (tertiary/aromatic N) is 3. The Labute approximate surface area is 102 Å². The average molecular weight is 231 g/mol. The lowest BCUT2D eigenvalue weighted by atomic mass is 10.1. The molecule has 0 radical (unpaired) electrons. The second-order valence-corrected chi connectivity index (χ2v) is 4.37. The van der Waals surface area contributed by atoms with E-state index in [0.717, 1.165) is 25.3 Å². The van der Waals surface area contributed by atoms with Gasteiger partial charge in [-0.3, -0.25) is 0 Å². The van der Waals surface area contributed by atoms with Gasteiger partial charge in [0.2, 0.25) is 0 Å². The van der Waals surface area contributed by atoms with Gasteiger partial charge in [-0.2, -0.15) is 5.26 Å². The van der Waals surface area contributed by atoms with E-state index in [1.165, 1.54) is 0 Å². The second kappa shape index (κ2) is 5.15. The molecule has 0 aromatic carbocycles. The summed E-state index contributed by atoms with van der Waals surface area (Å²) in [6, 6.07) is 6.28. The molecule has 2 unspecified atom stereocenters. The van der Waals surface area contributed by atoms with Crippen LogP contribution in [0.25, 0.3) is 0 Å². The molecule has 0 spiro atoms. The molecule has 1 saturated heterocycles. The van der Waals surface area contributed by atoms with Crippen molar-refractivity contribution in [3.8, 4) is 6.07 Å². The highest BCUT2D eigenvalue weighted by molar-refractivity contribution is 5.50. The zero-order valence-corrected chi connectivity index (χ0v) is 10.3. The molecule has 0 N–H and O–H groups in total.